The number of esters is 1. The molecule has 1 aromatic carbocycles. The van der Waals surface area contributed by atoms with Crippen molar-refractivity contribution < 1.29 is 32.6 Å². The molecule has 0 bridgehead atoms. The second-order valence-corrected chi connectivity index (χ2v) is 5.37. The van der Waals surface area contributed by atoms with E-state index in [4.69, 9.17) is 5.26 Å². The number of methoxy groups -OCH3 is 1. The van der Waals surface area contributed by atoms with E-state index >= 15 is 0 Å². The summed E-state index contributed by atoms with van der Waals surface area (Å²) in [6.45, 7) is 1.54. The Morgan fingerprint density at radius 1 is 1.32 bits per heavy atom. The molecule has 0 aliphatic carbocycles. The summed E-state index contributed by atoms with van der Waals surface area (Å²) in [5, 5.41) is 20.9. The van der Waals surface area contributed by atoms with Gasteiger partial charge in [-0.1, -0.05) is 19.1 Å². The number of halogens is 3. The monoisotopic (exact) mass is 358 g/mol. The van der Waals surface area contributed by atoms with Crippen LogP contribution in [0.3, 0.4) is 0 Å². The lowest BCUT2D eigenvalue weighted by molar-refractivity contribution is -0.147. The molecule has 0 spiro atoms. The van der Waals surface area contributed by atoms with Crippen molar-refractivity contribution in [2.45, 2.75) is 31.7 Å². The fraction of sp³-hybridized carbons (Fsp3) is 0.438. The third kappa shape index (κ3) is 5.46. The lowest BCUT2D eigenvalue weighted by Gasteiger charge is -2.22. The predicted octanol–water partition coefficient (Wildman–Crippen LogP) is 1.95. The molecule has 0 unspecified atom stereocenters. The number of carbonyl (C=O) groups excluding carboxylic acids is 2. The van der Waals surface area contributed by atoms with Crippen molar-refractivity contribution in [2.24, 2.45) is 5.92 Å². The molecule has 0 aliphatic rings. The number of rotatable bonds is 6. The van der Waals surface area contributed by atoms with Crippen LogP contribution in [-0.2, 0) is 20.5 Å². The standard InChI is InChI=1S/C16H17F3N2O4/c1-9(7-8-20)12(15(24)25-2)21-14(23)13(22)10-3-5-11(6-4-10)16(17,18)19/h3-6,9,12-13,22H,7H2,1-2H3,(H,21,23)/t9-,12-,13+/m0/s1. The third-order valence-corrected chi connectivity index (χ3v) is 3.54. The minimum atomic E-state index is -4.53. The maximum Gasteiger partial charge on any atom is 0.416 e. The molecule has 0 fully saturated rings. The third-order valence-electron chi connectivity index (χ3n) is 3.54. The Labute approximate surface area is 142 Å². The second-order valence-electron chi connectivity index (χ2n) is 5.37. The summed E-state index contributed by atoms with van der Waals surface area (Å²) in [6.07, 6.45) is -6.35. The average Bonchev–Trinajstić information content (AvgIpc) is 2.57. The number of hydrogen-bond acceptors (Lipinski definition) is 5. The van der Waals surface area contributed by atoms with Crippen molar-refractivity contribution in [1.82, 2.24) is 5.32 Å². The molecule has 1 amide bonds. The van der Waals surface area contributed by atoms with Gasteiger partial charge in [-0.2, -0.15) is 18.4 Å². The number of amides is 1. The van der Waals surface area contributed by atoms with Gasteiger partial charge in [0, 0.05) is 12.3 Å². The molecule has 0 aromatic heterocycles. The first-order valence-corrected chi connectivity index (χ1v) is 7.22. The van der Waals surface area contributed by atoms with Crippen LogP contribution < -0.4 is 5.32 Å². The van der Waals surface area contributed by atoms with E-state index < -0.39 is 41.7 Å². The number of nitriles is 1. The van der Waals surface area contributed by atoms with Crippen LogP contribution in [-0.4, -0.2) is 30.1 Å². The first-order chi connectivity index (χ1) is 11.6. The zero-order chi connectivity index (χ0) is 19.2. The Balaban J connectivity index is 2.90. The number of benzene rings is 1. The van der Waals surface area contributed by atoms with Crippen molar-refractivity contribution >= 4 is 11.9 Å². The van der Waals surface area contributed by atoms with Crippen LogP contribution >= 0.6 is 0 Å². The highest BCUT2D eigenvalue weighted by Crippen LogP contribution is 2.30. The zero-order valence-electron chi connectivity index (χ0n) is 13.5. The Hall–Kier alpha value is -2.60. The van der Waals surface area contributed by atoms with Gasteiger partial charge in [0.25, 0.3) is 5.91 Å². The fourth-order valence-corrected chi connectivity index (χ4v) is 2.06. The van der Waals surface area contributed by atoms with Gasteiger partial charge in [0.05, 0.1) is 18.7 Å². The van der Waals surface area contributed by atoms with Crippen molar-refractivity contribution in [3.8, 4) is 6.07 Å². The second kappa shape index (κ2) is 8.48. The van der Waals surface area contributed by atoms with Crippen LogP contribution in [0.1, 0.15) is 30.6 Å². The molecule has 25 heavy (non-hydrogen) atoms. The summed E-state index contributed by atoms with van der Waals surface area (Å²) in [4.78, 5) is 23.8. The van der Waals surface area contributed by atoms with Crippen LogP contribution in [0.15, 0.2) is 24.3 Å². The molecule has 1 rings (SSSR count). The molecule has 6 nitrogen and oxygen atoms in total. The summed E-state index contributed by atoms with van der Waals surface area (Å²) < 4.78 is 42.1. The van der Waals surface area contributed by atoms with Gasteiger partial charge in [-0.25, -0.2) is 4.79 Å². The van der Waals surface area contributed by atoms with Gasteiger partial charge in [0.2, 0.25) is 0 Å². The number of nitrogens with zero attached hydrogens (tertiary/aromatic N) is 1. The minimum Gasteiger partial charge on any atom is -0.467 e. The molecule has 1 aromatic rings. The van der Waals surface area contributed by atoms with E-state index in [9.17, 15) is 27.9 Å². The van der Waals surface area contributed by atoms with Crippen molar-refractivity contribution in [1.29, 1.82) is 5.26 Å². The van der Waals surface area contributed by atoms with E-state index in [0.717, 1.165) is 31.4 Å². The van der Waals surface area contributed by atoms with Gasteiger partial charge in [0.1, 0.15) is 6.04 Å². The van der Waals surface area contributed by atoms with Gasteiger partial charge >= 0.3 is 12.1 Å². The summed E-state index contributed by atoms with van der Waals surface area (Å²) in [7, 11) is 1.10. The van der Waals surface area contributed by atoms with E-state index in [0.29, 0.717) is 0 Å². The molecule has 0 saturated carbocycles. The van der Waals surface area contributed by atoms with E-state index in [1.165, 1.54) is 6.92 Å². The maximum atomic E-state index is 12.5. The van der Waals surface area contributed by atoms with E-state index in [1.807, 2.05) is 6.07 Å². The van der Waals surface area contributed by atoms with Gasteiger partial charge in [0.15, 0.2) is 6.10 Å². The van der Waals surface area contributed by atoms with Gasteiger partial charge < -0.3 is 15.2 Å². The van der Waals surface area contributed by atoms with Crippen LogP contribution in [0.5, 0.6) is 0 Å². The van der Waals surface area contributed by atoms with E-state index in [-0.39, 0.29) is 12.0 Å². The lowest BCUT2D eigenvalue weighted by atomic mass is 9.98. The molecular formula is C16H17F3N2O4. The first kappa shape index (κ1) is 20.4. The van der Waals surface area contributed by atoms with Crippen LogP contribution in [0, 0.1) is 17.2 Å². The molecule has 136 valence electrons. The van der Waals surface area contributed by atoms with Crippen LogP contribution in [0.25, 0.3) is 0 Å². The van der Waals surface area contributed by atoms with Gasteiger partial charge in [-0.05, 0) is 17.7 Å². The lowest BCUT2D eigenvalue weighted by Crippen LogP contribution is -2.47. The SMILES string of the molecule is COC(=O)[C@@H](NC(=O)[C@H](O)c1ccc(C(F)(F)F)cc1)[C@@H](C)CC#N. The molecular weight excluding hydrogens is 341 g/mol. The van der Waals surface area contributed by atoms with E-state index in [1.54, 1.807) is 0 Å². The molecule has 0 saturated heterocycles. The number of nitrogens with one attached hydrogen (secondary N) is 1. The highest BCUT2D eigenvalue weighted by molar-refractivity contribution is 5.87. The largest absolute Gasteiger partial charge is 0.467 e. The quantitative estimate of drug-likeness (QED) is 0.757. The van der Waals surface area contributed by atoms with Crippen molar-refractivity contribution in [3.05, 3.63) is 35.4 Å². The summed E-state index contributed by atoms with van der Waals surface area (Å²) in [5.41, 5.74) is -0.985. The maximum absolute atomic E-state index is 12.5. The Bertz CT molecular complexity index is 653. The number of aliphatic hydroxyl groups excluding tert-OH is 1. The summed E-state index contributed by atoms with van der Waals surface area (Å²) in [5.74, 6) is -2.36. The summed E-state index contributed by atoms with van der Waals surface area (Å²) in [6, 6.07) is 4.11. The van der Waals surface area contributed by atoms with Crippen molar-refractivity contribution in [2.75, 3.05) is 7.11 Å². The molecule has 0 radical (unpaired) electrons. The van der Waals surface area contributed by atoms with Gasteiger partial charge in [-0.15, -0.1) is 0 Å². The molecule has 0 heterocycles. The predicted molar refractivity (Wildman–Crippen MR) is 79.7 cm³/mol. The van der Waals surface area contributed by atoms with E-state index in [2.05, 4.69) is 10.1 Å². The normalized spacial score (nSPS) is 14.8. The van der Waals surface area contributed by atoms with Crippen LogP contribution in [0.4, 0.5) is 13.2 Å². The fourth-order valence-electron chi connectivity index (χ4n) is 2.06. The number of aliphatic hydroxyl groups is 1. The zero-order valence-corrected chi connectivity index (χ0v) is 13.5. The molecule has 2 N–H and O–H groups in total. The average molecular weight is 358 g/mol. The minimum absolute atomic E-state index is 0.0452. The van der Waals surface area contributed by atoms with Crippen LogP contribution in [0.2, 0.25) is 0 Å². The molecule has 3 atom stereocenters. The molecule has 0 aliphatic heterocycles. The Morgan fingerprint density at radius 2 is 1.88 bits per heavy atom. The topological polar surface area (TPSA) is 99.4 Å². The number of hydrogen-bond donors (Lipinski definition) is 2. The smallest absolute Gasteiger partial charge is 0.416 e. The number of alkyl halides is 3. The number of ether oxygens (including phenoxy) is 1. The van der Waals surface area contributed by atoms with Crippen molar-refractivity contribution in [3.63, 3.8) is 0 Å². The highest BCUT2D eigenvalue weighted by atomic mass is 19.4. The Kier molecular flexibility index (Phi) is 6.94. The molecule has 9 heteroatoms. The first-order valence-electron chi connectivity index (χ1n) is 7.22. The number of carbonyl (C=O) groups is 2. The Morgan fingerprint density at radius 3 is 2.32 bits per heavy atom. The van der Waals surface area contributed by atoms with Gasteiger partial charge in [-0.3, -0.25) is 4.79 Å². The highest BCUT2D eigenvalue weighted by Gasteiger charge is 2.32. The summed E-state index contributed by atoms with van der Waals surface area (Å²) >= 11 is 0.